The largest absolute Gasteiger partial charge is 0.301 e. The third-order valence-corrected chi connectivity index (χ3v) is 4.07. The zero-order valence-corrected chi connectivity index (χ0v) is 13.2. The number of hydrogen-bond acceptors (Lipinski definition) is 4. The molecule has 4 nitrogen and oxygen atoms in total. The first-order valence-corrected chi connectivity index (χ1v) is 8.25. The fourth-order valence-corrected chi connectivity index (χ4v) is 2.81. The first kappa shape index (κ1) is 15.6. The summed E-state index contributed by atoms with van der Waals surface area (Å²) in [4.78, 5) is 11.6. The van der Waals surface area contributed by atoms with Crippen LogP contribution in [0.4, 0.5) is 5.13 Å². The lowest BCUT2D eigenvalue weighted by atomic mass is 10.1. The number of aryl methyl sites for hydroxylation is 2. The quantitative estimate of drug-likeness (QED) is 0.806. The summed E-state index contributed by atoms with van der Waals surface area (Å²) in [5.74, 6) is 0.0313. The number of benzene rings is 1. The maximum atomic E-state index is 11.6. The van der Waals surface area contributed by atoms with Gasteiger partial charge in [-0.1, -0.05) is 55.0 Å². The molecule has 0 aliphatic rings. The van der Waals surface area contributed by atoms with Crippen LogP contribution in [-0.4, -0.2) is 16.1 Å². The van der Waals surface area contributed by atoms with Crippen LogP contribution in [0.3, 0.4) is 0 Å². The molecule has 0 radical (unpaired) electrons. The highest BCUT2D eigenvalue weighted by Gasteiger charge is 2.07. The Labute approximate surface area is 129 Å². The molecule has 2 aromatic rings. The van der Waals surface area contributed by atoms with E-state index in [0.717, 1.165) is 37.1 Å². The molecule has 2 rings (SSSR count). The average molecular weight is 303 g/mol. The van der Waals surface area contributed by atoms with Crippen molar-refractivity contribution in [1.82, 2.24) is 10.2 Å². The van der Waals surface area contributed by atoms with Crippen molar-refractivity contribution in [2.75, 3.05) is 5.32 Å². The lowest BCUT2D eigenvalue weighted by molar-refractivity contribution is -0.116. The smallest absolute Gasteiger partial charge is 0.226 e. The predicted molar refractivity (Wildman–Crippen MR) is 86.5 cm³/mol. The summed E-state index contributed by atoms with van der Waals surface area (Å²) >= 11 is 1.48. The van der Waals surface area contributed by atoms with Crippen LogP contribution in [0.1, 0.15) is 43.2 Å². The molecule has 0 saturated carbocycles. The number of unbranched alkanes of at least 4 members (excludes halogenated alkanes) is 1. The number of amides is 1. The van der Waals surface area contributed by atoms with Crippen molar-refractivity contribution in [3.05, 3.63) is 40.9 Å². The summed E-state index contributed by atoms with van der Waals surface area (Å²) in [6.45, 7) is 2.07. The Morgan fingerprint density at radius 3 is 2.71 bits per heavy atom. The van der Waals surface area contributed by atoms with Crippen LogP contribution >= 0.6 is 11.3 Å². The standard InChI is InChI=1S/C16H21N3OS/c1-2-3-11-14(20)17-16-19-18-15(21-16)12-7-10-13-8-5-4-6-9-13/h4-6,8-9H,2-3,7,10-12H2,1H3,(H,17,19,20). The second-order valence-corrected chi connectivity index (χ2v) is 6.05. The lowest BCUT2D eigenvalue weighted by Gasteiger charge is -1.99. The van der Waals surface area contributed by atoms with Gasteiger partial charge in [-0.05, 0) is 24.8 Å². The number of carbonyl (C=O) groups excluding carboxylic acids is 1. The van der Waals surface area contributed by atoms with E-state index in [-0.39, 0.29) is 5.91 Å². The van der Waals surface area contributed by atoms with Crippen LogP contribution in [0.5, 0.6) is 0 Å². The summed E-state index contributed by atoms with van der Waals surface area (Å²) in [7, 11) is 0. The molecule has 21 heavy (non-hydrogen) atoms. The molecule has 1 amide bonds. The Morgan fingerprint density at radius 2 is 1.95 bits per heavy atom. The van der Waals surface area contributed by atoms with E-state index in [0.29, 0.717) is 11.6 Å². The second kappa shape index (κ2) is 8.52. The van der Waals surface area contributed by atoms with Crippen molar-refractivity contribution < 1.29 is 4.79 Å². The van der Waals surface area contributed by atoms with Gasteiger partial charge in [-0.3, -0.25) is 4.79 Å². The number of hydrogen-bond donors (Lipinski definition) is 1. The molecule has 0 unspecified atom stereocenters. The summed E-state index contributed by atoms with van der Waals surface area (Å²) in [6, 6.07) is 10.4. The SMILES string of the molecule is CCCCC(=O)Nc1nnc(CCCc2ccccc2)s1. The molecular formula is C16H21N3OS. The maximum Gasteiger partial charge on any atom is 0.226 e. The van der Waals surface area contributed by atoms with Gasteiger partial charge in [0.15, 0.2) is 0 Å². The van der Waals surface area contributed by atoms with E-state index in [4.69, 9.17) is 0 Å². The Balaban J connectivity index is 1.74. The van der Waals surface area contributed by atoms with Crippen molar-refractivity contribution in [1.29, 1.82) is 0 Å². The normalized spacial score (nSPS) is 10.5. The summed E-state index contributed by atoms with van der Waals surface area (Å²) in [5.41, 5.74) is 1.34. The van der Waals surface area contributed by atoms with Crippen LogP contribution in [0.15, 0.2) is 30.3 Å². The molecular weight excluding hydrogens is 282 g/mol. The molecule has 0 aliphatic carbocycles. The second-order valence-electron chi connectivity index (χ2n) is 4.99. The van der Waals surface area contributed by atoms with E-state index in [9.17, 15) is 4.79 Å². The minimum absolute atomic E-state index is 0.0313. The maximum absolute atomic E-state index is 11.6. The monoisotopic (exact) mass is 303 g/mol. The molecule has 0 spiro atoms. The van der Waals surface area contributed by atoms with Crippen molar-refractivity contribution in [2.24, 2.45) is 0 Å². The first-order chi connectivity index (χ1) is 10.3. The van der Waals surface area contributed by atoms with Gasteiger partial charge in [0, 0.05) is 12.8 Å². The average Bonchev–Trinajstić information content (AvgIpc) is 2.93. The molecule has 0 atom stereocenters. The Hall–Kier alpha value is -1.75. The number of nitrogens with one attached hydrogen (secondary N) is 1. The molecule has 1 aromatic heterocycles. The van der Waals surface area contributed by atoms with Crippen molar-refractivity contribution >= 4 is 22.4 Å². The molecule has 1 N–H and O–H groups in total. The van der Waals surface area contributed by atoms with Gasteiger partial charge in [-0.15, -0.1) is 10.2 Å². The molecule has 0 saturated heterocycles. The number of nitrogens with zero attached hydrogens (tertiary/aromatic N) is 2. The molecule has 112 valence electrons. The van der Waals surface area contributed by atoms with E-state index in [1.165, 1.54) is 16.9 Å². The minimum atomic E-state index is 0.0313. The van der Waals surface area contributed by atoms with Crippen LogP contribution in [0.2, 0.25) is 0 Å². The van der Waals surface area contributed by atoms with Crippen LogP contribution in [-0.2, 0) is 17.6 Å². The van der Waals surface area contributed by atoms with Gasteiger partial charge < -0.3 is 5.32 Å². The zero-order chi connectivity index (χ0) is 14.9. The Kier molecular flexibility index (Phi) is 6.34. The molecule has 0 fully saturated rings. The van der Waals surface area contributed by atoms with E-state index < -0.39 is 0 Å². The van der Waals surface area contributed by atoms with E-state index in [1.54, 1.807) is 0 Å². The summed E-state index contributed by atoms with van der Waals surface area (Å²) in [5, 5.41) is 12.6. The Morgan fingerprint density at radius 1 is 1.14 bits per heavy atom. The summed E-state index contributed by atoms with van der Waals surface area (Å²) < 4.78 is 0. The topological polar surface area (TPSA) is 54.9 Å². The highest BCUT2D eigenvalue weighted by atomic mass is 32.1. The van der Waals surface area contributed by atoms with Crippen LogP contribution in [0, 0.1) is 0 Å². The van der Waals surface area contributed by atoms with Crippen LogP contribution < -0.4 is 5.32 Å². The third-order valence-electron chi connectivity index (χ3n) is 3.17. The number of anilines is 1. The zero-order valence-electron chi connectivity index (χ0n) is 12.3. The molecule has 1 aromatic carbocycles. The summed E-state index contributed by atoms with van der Waals surface area (Å²) in [6.07, 6.45) is 5.47. The van der Waals surface area contributed by atoms with Gasteiger partial charge in [0.05, 0.1) is 0 Å². The number of rotatable bonds is 8. The first-order valence-electron chi connectivity index (χ1n) is 7.44. The minimum Gasteiger partial charge on any atom is -0.301 e. The van der Waals surface area contributed by atoms with E-state index >= 15 is 0 Å². The number of carbonyl (C=O) groups is 1. The van der Waals surface area contributed by atoms with Gasteiger partial charge >= 0.3 is 0 Å². The molecule has 5 heteroatoms. The predicted octanol–water partition coefficient (Wildman–Crippen LogP) is 3.84. The fraction of sp³-hybridized carbons (Fsp3) is 0.438. The van der Waals surface area contributed by atoms with Crippen molar-refractivity contribution in [2.45, 2.75) is 45.4 Å². The van der Waals surface area contributed by atoms with Gasteiger partial charge in [0.25, 0.3) is 0 Å². The van der Waals surface area contributed by atoms with Crippen molar-refractivity contribution in [3.63, 3.8) is 0 Å². The van der Waals surface area contributed by atoms with Crippen molar-refractivity contribution in [3.8, 4) is 0 Å². The Bertz CT molecular complexity index is 554. The van der Waals surface area contributed by atoms with E-state index in [2.05, 4.69) is 46.7 Å². The highest BCUT2D eigenvalue weighted by molar-refractivity contribution is 7.15. The van der Waals surface area contributed by atoms with Crippen LogP contribution in [0.25, 0.3) is 0 Å². The van der Waals surface area contributed by atoms with Gasteiger partial charge in [-0.25, -0.2) is 0 Å². The lowest BCUT2D eigenvalue weighted by Crippen LogP contribution is -2.10. The van der Waals surface area contributed by atoms with Gasteiger partial charge in [0.1, 0.15) is 5.01 Å². The fourth-order valence-electron chi connectivity index (χ4n) is 2.01. The van der Waals surface area contributed by atoms with Gasteiger partial charge in [0.2, 0.25) is 11.0 Å². The van der Waals surface area contributed by atoms with Gasteiger partial charge in [-0.2, -0.15) is 0 Å². The molecule has 0 aliphatic heterocycles. The third kappa shape index (κ3) is 5.63. The highest BCUT2D eigenvalue weighted by Crippen LogP contribution is 2.18. The molecule has 1 heterocycles. The molecule has 0 bridgehead atoms. The van der Waals surface area contributed by atoms with E-state index in [1.807, 2.05) is 6.07 Å². The number of aromatic nitrogens is 2.